The molecule has 0 bridgehead atoms. The van der Waals surface area contributed by atoms with Gasteiger partial charge in [0.25, 0.3) is 0 Å². The van der Waals surface area contributed by atoms with Crippen molar-refractivity contribution in [1.29, 1.82) is 0 Å². The average molecular weight is 226 g/mol. The van der Waals surface area contributed by atoms with E-state index in [-0.39, 0.29) is 0 Å². The lowest BCUT2D eigenvalue weighted by Crippen LogP contribution is -2.28. The topological polar surface area (TPSA) is 3.88 Å². The number of aromatic nitrogens is 1. The largest absolute Gasteiger partial charge is 0.212 e. The Kier molecular flexibility index (Phi) is 2.84. The lowest BCUT2D eigenvalue weighted by atomic mass is 9.92. The van der Waals surface area contributed by atoms with E-state index in [1.807, 2.05) is 0 Å². The summed E-state index contributed by atoms with van der Waals surface area (Å²) < 4.78 is 2.23. The predicted molar refractivity (Wildman–Crippen MR) is 71.0 cm³/mol. The zero-order valence-corrected chi connectivity index (χ0v) is 10.6. The van der Waals surface area contributed by atoms with Crippen molar-refractivity contribution in [3.05, 3.63) is 41.6 Å². The number of nitrogens with zero attached hydrogens (tertiary/aromatic N) is 1. The van der Waals surface area contributed by atoms with Crippen LogP contribution in [0.5, 0.6) is 0 Å². The molecule has 3 rings (SSSR count). The van der Waals surface area contributed by atoms with Gasteiger partial charge in [-0.25, -0.2) is 4.57 Å². The van der Waals surface area contributed by atoms with Crippen molar-refractivity contribution < 1.29 is 4.57 Å². The lowest BCUT2D eigenvalue weighted by Gasteiger charge is -2.13. The molecule has 1 aliphatic carbocycles. The molecule has 1 aromatic heterocycles. The summed E-state index contributed by atoms with van der Waals surface area (Å²) in [6, 6.07) is 9.19. The van der Waals surface area contributed by atoms with Crippen LogP contribution < -0.4 is 4.57 Å². The van der Waals surface area contributed by atoms with E-state index in [1.165, 1.54) is 49.4 Å². The van der Waals surface area contributed by atoms with Crippen LogP contribution in [0.4, 0.5) is 0 Å². The second kappa shape index (κ2) is 4.48. The van der Waals surface area contributed by atoms with Gasteiger partial charge in [-0.1, -0.05) is 12.8 Å². The Morgan fingerprint density at radius 1 is 0.941 bits per heavy atom. The fourth-order valence-electron chi connectivity index (χ4n) is 2.94. The molecule has 0 radical (unpaired) electrons. The van der Waals surface area contributed by atoms with Crippen LogP contribution in [0.3, 0.4) is 0 Å². The summed E-state index contributed by atoms with van der Waals surface area (Å²) in [5.74, 6) is 0. The highest BCUT2D eigenvalue weighted by Crippen LogP contribution is 2.24. The standard InChI is InChI=1S/C16H20N/c1-17-10-6-9-15-11-13-7-4-2-3-5-8-14(13)12-16(15)17/h6,9-12H,2-5,7-8H2,1H3/q+1. The van der Waals surface area contributed by atoms with E-state index in [0.29, 0.717) is 0 Å². The highest BCUT2D eigenvalue weighted by molar-refractivity contribution is 5.77. The van der Waals surface area contributed by atoms with Crippen LogP contribution >= 0.6 is 0 Å². The summed E-state index contributed by atoms with van der Waals surface area (Å²) in [5, 5.41) is 1.38. The summed E-state index contributed by atoms with van der Waals surface area (Å²) in [7, 11) is 2.14. The van der Waals surface area contributed by atoms with Gasteiger partial charge in [-0.2, -0.15) is 0 Å². The van der Waals surface area contributed by atoms with Gasteiger partial charge in [-0.3, -0.25) is 0 Å². The van der Waals surface area contributed by atoms with E-state index < -0.39 is 0 Å². The van der Waals surface area contributed by atoms with Gasteiger partial charge in [0, 0.05) is 17.5 Å². The van der Waals surface area contributed by atoms with Crippen molar-refractivity contribution in [3.63, 3.8) is 0 Å². The summed E-state index contributed by atoms with van der Waals surface area (Å²) in [5.41, 5.74) is 4.54. The molecule has 1 aromatic carbocycles. The second-order valence-corrected chi connectivity index (χ2v) is 5.21. The van der Waals surface area contributed by atoms with Crippen molar-refractivity contribution in [2.24, 2.45) is 7.05 Å². The Labute approximate surface area is 103 Å². The zero-order valence-electron chi connectivity index (χ0n) is 10.6. The quantitative estimate of drug-likeness (QED) is 0.607. The van der Waals surface area contributed by atoms with Crippen LogP contribution in [0.25, 0.3) is 10.9 Å². The first-order valence-corrected chi connectivity index (χ1v) is 6.75. The van der Waals surface area contributed by atoms with Gasteiger partial charge in [-0.15, -0.1) is 0 Å². The molecule has 0 N–H and O–H groups in total. The van der Waals surface area contributed by atoms with Crippen LogP contribution in [-0.2, 0) is 19.9 Å². The Morgan fingerprint density at radius 2 is 1.65 bits per heavy atom. The summed E-state index contributed by atoms with van der Waals surface area (Å²) in [6.45, 7) is 0. The molecule has 2 aromatic rings. The molecular weight excluding hydrogens is 206 g/mol. The molecule has 0 saturated carbocycles. The van der Waals surface area contributed by atoms with Crippen LogP contribution in [0, 0.1) is 0 Å². The molecule has 0 unspecified atom stereocenters. The minimum Gasteiger partial charge on any atom is -0.201 e. The van der Waals surface area contributed by atoms with Gasteiger partial charge in [0.05, 0.1) is 0 Å². The first kappa shape index (κ1) is 10.8. The average Bonchev–Trinajstić information content (AvgIpc) is 2.30. The molecule has 1 nitrogen and oxygen atoms in total. The summed E-state index contributed by atoms with van der Waals surface area (Å²) >= 11 is 0. The molecule has 0 amide bonds. The van der Waals surface area contributed by atoms with Crippen molar-refractivity contribution >= 4 is 10.9 Å². The van der Waals surface area contributed by atoms with Crippen LogP contribution in [0.1, 0.15) is 36.8 Å². The van der Waals surface area contributed by atoms with E-state index in [0.717, 1.165) is 0 Å². The van der Waals surface area contributed by atoms with Crippen molar-refractivity contribution in [2.45, 2.75) is 38.5 Å². The number of pyridine rings is 1. The Balaban J connectivity index is 2.17. The molecule has 17 heavy (non-hydrogen) atoms. The van der Waals surface area contributed by atoms with E-state index in [9.17, 15) is 0 Å². The predicted octanol–water partition coefficient (Wildman–Crippen LogP) is 3.32. The third-order valence-corrected chi connectivity index (χ3v) is 3.96. The Hall–Kier alpha value is -1.37. The highest BCUT2D eigenvalue weighted by atomic mass is 14.9. The molecular formula is C16H20N+. The Morgan fingerprint density at radius 3 is 2.41 bits per heavy atom. The van der Waals surface area contributed by atoms with Gasteiger partial charge in [0.15, 0.2) is 6.20 Å². The van der Waals surface area contributed by atoms with Crippen molar-refractivity contribution in [1.82, 2.24) is 0 Å². The molecule has 0 spiro atoms. The summed E-state index contributed by atoms with van der Waals surface area (Å²) in [6.07, 6.45) is 10.2. The monoisotopic (exact) mass is 226 g/mol. The van der Waals surface area contributed by atoms with Crippen molar-refractivity contribution in [2.75, 3.05) is 0 Å². The van der Waals surface area contributed by atoms with Gasteiger partial charge >= 0.3 is 0 Å². The van der Waals surface area contributed by atoms with E-state index >= 15 is 0 Å². The fourth-order valence-corrected chi connectivity index (χ4v) is 2.94. The van der Waals surface area contributed by atoms with Gasteiger partial charge in [-0.05, 0) is 48.9 Å². The fraction of sp³-hybridized carbons (Fsp3) is 0.438. The number of aryl methyl sites for hydroxylation is 3. The molecule has 0 aliphatic heterocycles. The van der Waals surface area contributed by atoms with Crippen molar-refractivity contribution in [3.8, 4) is 0 Å². The normalized spacial score (nSPS) is 16.3. The Bertz CT molecular complexity index is 542. The van der Waals surface area contributed by atoms with Gasteiger partial charge in [0.2, 0.25) is 5.52 Å². The first-order chi connectivity index (χ1) is 8.34. The molecule has 0 fully saturated rings. The third kappa shape index (κ3) is 2.06. The minimum atomic E-state index is 1.26. The van der Waals surface area contributed by atoms with Crippen LogP contribution in [0.2, 0.25) is 0 Å². The maximum atomic E-state index is 2.41. The molecule has 0 atom stereocenters. The first-order valence-electron chi connectivity index (χ1n) is 6.75. The summed E-state index contributed by atoms with van der Waals surface area (Å²) in [4.78, 5) is 0. The maximum Gasteiger partial charge on any atom is 0.212 e. The van der Waals surface area contributed by atoms with Gasteiger partial charge in [0.1, 0.15) is 7.05 Å². The molecule has 1 heterocycles. The van der Waals surface area contributed by atoms with E-state index in [4.69, 9.17) is 0 Å². The minimum absolute atomic E-state index is 1.26. The lowest BCUT2D eigenvalue weighted by molar-refractivity contribution is -0.644. The molecule has 1 aliphatic rings. The second-order valence-electron chi connectivity index (χ2n) is 5.21. The third-order valence-electron chi connectivity index (χ3n) is 3.96. The molecule has 88 valence electrons. The van der Waals surface area contributed by atoms with Crippen LogP contribution in [0.15, 0.2) is 30.5 Å². The SMILES string of the molecule is C[n+]1cccc2cc3c(cc21)CCCCCC3. The van der Waals surface area contributed by atoms with Crippen LogP contribution in [-0.4, -0.2) is 0 Å². The number of fused-ring (bicyclic) bond motifs is 2. The maximum absolute atomic E-state index is 2.41. The zero-order chi connectivity index (χ0) is 11.7. The smallest absolute Gasteiger partial charge is 0.201 e. The molecule has 1 heteroatoms. The highest BCUT2D eigenvalue weighted by Gasteiger charge is 2.12. The number of rotatable bonds is 0. The number of benzene rings is 1. The number of hydrogen-bond acceptors (Lipinski definition) is 0. The van der Waals surface area contributed by atoms with E-state index in [2.05, 4.69) is 42.1 Å². The molecule has 0 saturated heterocycles. The van der Waals surface area contributed by atoms with Gasteiger partial charge < -0.3 is 0 Å². The number of hydrogen-bond donors (Lipinski definition) is 0. The van der Waals surface area contributed by atoms with E-state index in [1.54, 1.807) is 11.1 Å².